The van der Waals surface area contributed by atoms with E-state index in [4.69, 9.17) is 4.74 Å². The van der Waals surface area contributed by atoms with Crippen LogP contribution in [0.4, 0.5) is 0 Å². The van der Waals surface area contributed by atoms with Crippen molar-refractivity contribution in [2.45, 2.75) is 50.7 Å². The Morgan fingerprint density at radius 2 is 1.91 bits per heavy atom. The molecule has 1 aliphatic heterocycles. The van der Waals surface area contributed by atoms with Gasteiger partial charge in [-0.15, -0.1) is 0 Å². The van der Waals surface area contributed by atoms with Gasteiger partial charge in [0.05, 0.1) is 12.7 Å². The summed E-state index contributed by atoms with van der Waals surface area (Å²) in [5.74, 6) is 0.370. The molecule has 0 fully saturated rings. The molecule has 1 N–H and O–H groups in total. The first-order valence-corrected chi connectivity index (χ1v) is 8.58. The Labute approximate surface area is 138 Å². The number of hydrogen-bond acceptors (Lipinski definition) is 3. The Kier molecular flexibility index (Phi) is 5.42. The maximum absolute atomic E-state index is 10.9. The predicted octanol–water partition coefficient (Wildman–Crippen LogP) is 4.03. The van der Waals surface area contributed by atoms with Gasteiger partial charge in [0.1, 0.15) is 6.10 Å². The van der Waals surface area contributed by atoms with Crippen LogP contribution in [-0.4, -0.2) is 22.8 Å². The third kappa shape index (κ3) is 3.80. The summed E-state index contributed by atoms with van der Waals surface area (Å²) in [6.45, 7) is 2.88. The molecule has 1 aliphatic rings. The number of fused-ring (bicyclic) bond motifs is 1. The lowest BCUT2D eigenvalue weighted by molar-refractivity contribution is -0.0364. The Bertz CT molecular complexity index is 614. The molecule has 0 saturated carbocycles. The van der Waals surface area contributed by atoms with E-state index < -0.39 is 6.10 Å². The lowest BCUT2D eigenvalue weighted by atomic mass is 9.88. The van der Waals surface area contributed by atoms with Gasteiger partial charge in [0.25, 0.3) is 0 Å². The molecule has 2 heterocycles. The molecule has 0 aliphatic carbocycles. The van der Waals surface area contributed by atoms with Gasteiger partial charge in [-0.05, 0) is 29.7 Å². The molecule has 0 amide bonds. The standard InChI is InChI=1S/C20H25NO2/c1-2-3-8-15-14-23-19(13-16-9-6-7-12-21-16)20(22)18-11-5-4-10-17(15)18/h4-7,9-12,15,19-20,22H,2-3,8,13-14H2,1H3. The van der Waals surface area contributed by atoms with Crippen LogP contribution in [0, 0.1) is 0 Å². The van der Waals surface area contributed by atoms with E-state index in [-0.39, 0.29) is 6.10 Å². The minimum absolute atomic E-state index is 0.238. The van der Waals surface area contributed by atoms with Crippen LogP contribution >= 0.6 is 0 Å². The second-order valence-corrected chi connectivity index (χ2v) is 6.31. The van der Waals surface area contributed by atoms with Gasteiger partial charge in [-0.2, -0.15) is 0 Å². The molecule has 3 unspecified atom stereocenters. The quantitative estimate of drug-likeness (QED) is 0.906. The van der Waals surface area contributed by atoms with Crippen molar-refractivity contribution in [3.63, 3.8) is 0 Å². The zero-order chi connectivity index (χ0) is 16.1. The van der Waals surface area contributed by atoms with Crippen molar-refractivity contribution in [2.24, 2.45) is 0 Å². The lowest BCUT2D eigenvalue weighted by Gasteiger charge is -2.21. The van der Waals surface area contributed by atoms with Gasteiger partial charge in [0.15, 0.2) is 0 Å². The average molecular weight is 311 g/mol. The normalized spacial score (nSPS) is 24.0. The number of ether oxygens (including phenoxy) is 1. The van der Waals surface area contributed by atoms with Crippen LogP contribution in [0.2, 0.25) is 0 Å². The van der Waals surface area contributed by atoms with Crippen molar-refractivity contribution in [1.29, 1.82) is 0 Å². The first-order valence-electron chi connectivity index (χ1n) is 8.58. The molecule has 3 atom stereocenters. The van der Waals surface area contributed by atoms with Crippen LogP contribution < -0.4 is 0 Å². The van der Waals surface area contributed by atoms with Crippen molar-refractivity contribution in [3.05, 3.63) is 65.5 Å². The fourth-order valence-corrected chi connectivity index (χ4v) is 3.36. The van der Waals surface area contributed by atoms with Crippen LogP contribution in [0.3, 0.4) is 0 Å². The summed E-state index contributed by atoms with van der Waals surface area (Å²) in [7, 11) is 0. The Morgan fingerprint density at radius 1 is 1.13 bits per heavy atom. The summed E-state index contributed by atoms with van der Waals surface area (Å²) < 4.78 is 6.12. The van der Waals surface area contributed by atoms with Gasteiger partial charge in [-0.3, -0.25) is 4.98 Å². The third-order valence-electron chi connectivity index (χ3n) is 4.66. The van der Waals surface area contributed by atoms with E-state index in [9.17, 15) is 5.11 Å². The van der Waals surface area contributed by atoms with Crippen LogP contribution in [0.5, 0.6) is 0 Å². The molecular formula is C20H25NO2. The van der Waals surface area contributed by atoms with Crippen molar-refractivity contribution in [2.75, 3.05) is 6.61 Å². The van der Waals surface area contributed by atoms with E-state index in [0.29, 0.717) is 18.9 Å². The number of hydrogen-bond donors (Lipinski definition) is 1. The van der Waals surface area contributed by atoms with Gasteiger partial charge in [-0.25, -0.2) is 0 Å². The number of rotatable bonds is 5. The highest BCUT2D eigenvalue weighted by Gasteiger charge is 2.31. The number of pyridine rings is 1. The van der Waals surface area contributed by atoms with Crippen LogP contribution in [0.15, 0.2) is 48.7 Å². The SMILES string of the molecule is CCCCC1COC(Cc2ccccn2)C(O)c2ccccc21. The monoisotopic (exact) mass is 311 g/mol. The number of aliphatic hydroxyl groups is 1. The van der Waals surface area contributed by atoms with E-state index in [2.05, 4.69) is 24.0 Å². The molecule has 0 bridgehead atoms. The largest absolute Gasteiger partial charge is 0.386 e. The molecule has 0 radical (unpaired) electrons. The minimum atomic E-state index is -0.597. The summed E-state index contributed by atoms with van der Waals surface area (Å²) in [4.78, 5) is 4.37. The van der Waals surface area contributed by atoms with Gasteiger partial charge < -0.3 is 9.84 Å². The average Bonchev–Trinajstić information content (AvgIpc) is 2.73. The Morgan fingerprint density at radius 3 is 2.65 bits per heavy atom. The molecule has 3 heteroatoms. The Balaban J connectivity index is 1.84. The van der Waals surface area contributed by atoms with Gasteiger partial charge in [0, 0.05) is 24.2 Å². The smallest absolute Gasteiger partial charge is 0.106 e. The first-order chi connectivity index (χ1) is 11.3. The van der Waals surface area contributed by atoms with E-state index in [1.165, 1.54) is 18.4 Å². The summed E-state index contributed by atoms with van der Waals surface area (Å²) in [5, 5.41) is 10.9. The molecule has 3 rings (SSSR count). The molecule has 23 heavy (non-hydrogen) atoms. The van der Waals surface area contributed by atoms with E-state index >= 15 is 0 Å². The predicted molar refractivity (Wildman–Crippen MR) is 91.3 cm³/mol. The molecule has 0 spiro atoms. The molecule has 122 valence electrons. The van der Waals surface area contributed by atoms with Gasteiger partial charge in [-0.1, -0.05) is 50.1 Å². The highest BCUT2D eigenvalue weighted by molar-refractivity contribution is 5.34. The van der Waals surface area contributed by atoms with Gasteiger partial charge in [0.2, 0.25) is 0 Å². The number of nitrogens with zero attached hydrogens (tertiary/aromatic N) is 1. The van der Waals surface area contributed by atoms with Crippen LogP contribution in [0.1, 0.15) is 55.0 Å². The fourth-order valence-electron chi connectivity index (χ4n) is 3.36. The topological polar surface area (TPSA) is 42.4 Å². The third-order valence-corrected chi connectivity index (χ3v) is 4.66. The highest BCUT2D eigenvalue weighted by atomic mass is 16.5. The molecule has 1 aromatic carbocycles. The van der Waals surface area contributed by atoms with Crippen molar-refractivity contribution in [1.82, 2.24) is 4.98 Å². The molecule has 1 aromatic heterocycles. The highest BCUT2D eigenvalue weighted by Crippen LogP contribution is 2.36. The number of aliphatic hydroxyl groups excluding tert-OH is 1. The Hall–Kier alpha value is -1.71. The van der Waals surface area contributed by atoms with Crippen LogP contribution in [0.25, 0.3) is 0 Å². The van der Waals surface area contributed by atoms with Gasteiger partial charge >= 0.3 is 0 Å². The molecule has 2 aromatic rings. The molecule has 0 saturated heterocycles. The summed E-state index contributed by atoms with van der Waals surface area (Å²) in [6, 6.07) is 14.1. The van der Waals surface area contributed by atoms with E-state index in [1.54, 1.807) is 6.20 Å². The van der Waals surface area contributed by atoms with E-state index in [1.807, 2.05) is 30.3 Å². The second kappa shape index (κ2) is 7.71. The number of aromatic nitrogens is 1. The zero-order valence-electron chi connectivity index (χ0n) is 13.7. The summed E-state index contributed by atoms with van der Waals surface area (Å²) in [5.41, 5.74) is 3.23. The van der Waals surface area contributed by atoms with Crippen molar-refractivity contribution >= 4 is 0 Å². The molecular weight excluding hydrogens is 286 g/mol. The lowest BCUT2D eigenvalue weighted by Crippen LogP contribution is -2.24. The maximum Gasteiger partial charge on any atom is 0.106 e. The summed E-state index contributed by atoms with van der Waals surface area (Å²) in [6.07, 6.45) is 5.06. The minimum Gasteiger partial charge on any atom is -0.386 e. The van der Waals surface area contributed by atoms with E-state index in [0.717, 1.165) is 17.7 Å². The second-order valence-electron chi connectivity index (χ2n) is 6.31. The number of benzene rings is 1. The fraction of sp³-hybridized carbons (Fsp3) is 0.450. The maximum atomic E-state index is 10.9. The summed E-state index contributed by atoms with van der Waals surface area (Å²) >= 11 is 0. The first kappa shape index (κ1) is 16.2. The van der Waals surface area contributed by atoms with Crippen molar-refractivity contribution in [3.8, 4) is 0 Å². The zero-order valence-corrected chi connectivity index (χ0v) is 13.7. The van der Waals surface area contributed by atoms with Crippen LogP contribution in [-0.2, 0) is 11.2 Å². The molecule has 3 nitrogen and oxygen atoms in total. The van der Waals surface area contributed by atoms with Crippen molar-refractivity contribution < 1.29 is 9.84 Å². The number of unbranched alkanes of at least 4 members (excludes halogenated alkanes) is 1.